The SMILES string of the molecule is C[C@H](CC#N)[C@@H](NC(=O)CCC(=O)N[C@H](C)c1ccccc1)C(=O)O. The second-order valence-corrected chi connectivity index (χ2v) is 5.92. The molecular weight excluding hydrogens is 322 g/mol. The summed E-state index contributed by atoms with van der Waals surface area (Å²) in [6.07, 6.45) is -0.134. The molecule has 1 aromatic carbocycles. The molecule has 25 heavy (non-hydrogen) atoms. The van der Waals surface area contributed by atoms with Crippen molar-refractivity contribution in [2.24, 2.45) is 5.92 Å². The van der Waals surface area contributed by atoms with E-state index in [1.54, 1.807) is 6.92 Å². The van der Waals surface area contributed by atoms with Crippen LogP contribution in [0.1, 0.15) is 44.7 Å². The topological polar surface area (TPSA) is 119 Å². The van der Waals surface area contributed by atoms with E-state index in [4.69, 9.17) is 10.4 Å². The number of rotatable bonds is 9. The lowest BCUT2D eigenvalue weighted by Gasteiger charge is -2.19. The van der Waals surface area contributed by atoms with E-state index in [1.165, 1.54) is 0 Å². The number of carboxylic acids is 1. The van der Waals surface area contributed by atoms with Crippen molar-refractivity contribution in [2.45, 2.75) is 45.2 Å². The van der Waals surface area contributed by atoms with Crippen LogP contribution < -0.4 is 10.6 Å². The molecule has 0 aliphatic heterocycles. The number of benzene rings is 1. The summed E-state index contributed by atoms with van der Waals surface area (Å²) in [7, 11) is 0. The van der Waals surface area contributed by atoms with Crippen LogP contribution in [-0.2, 0) is 14.4 Å². The van der Waals surface area contributed by atoms with Crippen LogP contribution in [0.2, 0.25) is 0 Å². The van der Waals surface area contributed by atoms with Crippen molar-refractivity contribution in [2.75, 3.05) is 0 Å². The van der Waals surface area contributed by atoms with Gasteiger partial charge in [-0.15, -0.1) is 0 Å². The highest BCUT2D eigenvalue weighted by Crippen LogP contribution is 2.12. The summed E-state index contributed by atoms with van der Waals surface area (Å²) in [5.74, 6) is -2.53. The summed E-state index contributed by atoms with van der Waals surface area (Å²) in [4.78, 5) is 35.0. The number of aliphatic carboxylic acids is 1. The minimum absolute atomic E-state index is 0.0202. The lowest BCUT2D eigenvalue weighted by molar-refractivity contribution is -0.143. The maximum atomic E-state index is 11.9. The molecule has 0 fully saturated rings. The number of hydrogen-bond donors (Lipinski definition) is 3. The first-order valence-electron chi connectivity index (χ1n) is 8.08. The Morgan fingerprint density at radius 1 is 1.08 bits per heavy atom. The fourth-order valence-corrected chi connectivity index (χ4v) is 2.32. The summed E-state index contributed by atoms with van der Waals surface area (Å²) in [6.45, 7) is 3.42. The number of amides is 2. The molecule has 0 radical (unpaired) electrons. The first-order chi connectivity index (χ1) is 11.8. The Morgan fingerprint density at radius 2 is 1.64 bits per heavy atom. The molecule has 0 heterocycles. The van der Waals surface area contributed by atoms with E-state index in [0.29, 0.717) is 0 Å². The van der Waals surface area contributed by atoms with Crippen LogP contribution in [-0.4, -0.2) is 28.9 Å². The standard InChI is InChI=1S/C18H23N3O4/c1-12(10-11-19)17(18(24)25)21-16(23)9-8-15(22)20-13(2)14-6-4-3-5-7-14/h3-7,12-13,17H,8-10H2,1-2H3,(H,20,22)(H,21,23)(H,24,25)/t12-,13-,17-/m1/s1. The largest absolute Gasteiger partial charge is 0.480 e. The summed E-state index contributed by atoms with van der Waals surface area (Å²) < 4.78 is 0. The van der Waals surface area contributed by atoms with E-state index >= 15 is 0 Å². The number of nitriles is 1. The fraction of sp³-hybridized carbons (Fsp3) is 0.444. The Balaban J connectivity index is 2.45. The summed E-state index contributed by atoms with van der Waals surface area (Å²) in [5, 5.41) is 22.9. The third-order valence-electron chi connectivity index (χ3n) is 3.82. The van der Waals surface area contributed by atoms with Gasteiger partial charge in [-0.1, -0.05) is 37.3 Å². The molecule has 1 rings (SSSR count). The van der Waals surface area contributed by atoms with Gasteiger partial charge < -0.3 is 15.7 Å². The number of hydrogen-bond acceptors (Lipinski definition) is 4. The number of carbonyl (C=O) groups excluding carboxylic acids is 2. The zero-order chi connectivity index (χ0) is 18.8. The maximum Gasteiger partial charge on any atom is 0.326 e. The smallest absolute Gasteiger partial charge is 0.326 e. The van der Waals surface area contributed by atoms with Crippen LogP contribution in [0.5, 0.6) is 0 Å². The molecule has 0 bridgehead atoms. The van der Waals surface area contributed by atoms with Gasteiger partial charge in [0.15, 0.2) is 0 Å². The Bertz CT molecular complexity index is 639. The van der Waals surface area contributed by atoms with Gasteiger partial charge in [0.2, 0.25) is 11.8 Å². The first-order valence-corrected chi connectivity index (χ1v) is 8.08. The molecule has 0 saturated heterocycles. The van der Waals surface area contributed by atoms with E-state index in [1.807, 2.05) is 43.3 Å². The van der Waals surface area contributed by atoms with E-state index in [2.05, 4.69) is 10.6 Å². The summed E-state index contributed by atoms with van der Waals surface area (Å²) >= 11 is 0. The monoisotopic (exact) mass is 345 g/mol. The lowest BCUT2D eigenvalue weighted by Crippen LogP contribution is -2.45. The van der Waals surface area contributed by atoms with E-state index < -0.39 is 23.8 Å². The quantitative estimate of drug-likeness (QED) is 0.630. The number of carbonyl (C=O) groups is 3. The van der Waals surface area contributed by atoms with E-state index in [9.17, 15) is 14.4 Å². The van der Waals surface area contributed by atoms with Gasteiger partial charge in [0.25, 0.3) is 0 Å². The van der Waals surface area contributed by atoms with Gasteiger partial charge >= 0.3 is 5.97 Å². The molecule has 0 spiro atoms. The van der Waals surface area contributed by atoms with E-state index in [0.717, 1.165) is 5.56 Å². The molecule has 1 aromatic rings. The molecule has 3 N–H and O–H groups in total. The van der Waals surface area contributed by atoms with Crippen molar-refractivity contribution in [3.8, 4) is 6.07 Å². The molecule has 0 aromatic heterocycles. The molecule has 3 atom stereocenters. The van der Waals surface area contributed by atoms with Gasteiger partial charge in [-0.25, -0.2) is 4.79 Å². The molecule has 134 valence electrons. The zero-order valence-electron chi connectivity index (χ0n) is 14.4. The Hall–Kier alpha value is -2.88. The predicted octanol–water partition coefficient (Wildman–Crippen LogP) is 1.76. The number of carboxylic acid groups (broad SMARTS) is 1. The molecule has 7 heteroatoms. The molecular formula is C18H23N3O4. The summed E-state index contributed by atoms with van der Waals surface area (Å²) in [6, 6.07) is 9.99. The Labute approximate surface area is 147 Å². The number of nitrogens with zero attached hydrogens (tertiary/aromatic N) is 1. The average Bonchev–Trinajstić information content (AvgIpc) is 2.58. The van der Waals surface area contributed by atoms with Crippen LogP contribution in [0, 0.1) is 17.2 Å². The van der Waals surface area contributed by atoms with Crippen molar-refractivity contribution in [3.63, 3.8) is 0 Å². The van der Waals surface area contributed by atoms with Crippen molar-refractivity contribution >= 4 is 17.8 Å². The van der Waals surface area contributed by atoms with Gasteiger partial charge in [-0.05, 0) is 12.5 Å². The fourth-order valence-electron chi connectivity index (χ4n) is 2.32. The second-order valence-electron chi connectivity index (χ2n) is 5.92. The molecule has 2 amide bonds. The average molecular weight is 345 g/mol. The highest BCUT2D eigenvalue weighted by Gasteiger charge is 2.26. The van der Waals surface area contributed by atoms with Crippen LogP contribution in [0.3, 0.4) is 0 Å². The Kier molecular flexibility index (Phi) is 8.13. The second kappa shape index (κ2) is 10.1. The van der Waals surface area contributed by atoms with Gasteiger partial charge in [-0.3, -0.25) is 9.59 Å². The third kappa shape index (κ3) is 7.04. The van der Waals surface area contributed by atoms with Gasteiger partial charge in [-0.2, -0.15) is 5.26 Å². The van der Waals surface area contributed by atoms with Crippen LogP contribution >= 0.6 is 0 Å². The third-order valence-corrected chi connectivity index (χ3v) is 3.82. The van der Waals surface area contributed by atoms with E-state index in [-0.39, 0.29) is 31.2 Å². The Morgan fingerprint density at radius 3 is 2.16 bits per heavy atom. The predicted molar refractivity (Wildman–Crippen MR) is 91.2 cm³/mol. The highest BCUT2D eigenvalue weighted by molar-refractivity contribution is 5.87. The van der Waals surface area contributed by atoms with Crippen molar-refractivity contribution in [1.82, 2.24) is 10.6 Å². The maximum absolute atomic E-state index is 11.9. The van der Waals surface area contributed by atoms with Crippen molar-refractivity contribution in [1.29, 1.82) is 5.26 Å². The van der Waals surface area contributed by atoms with Crippen LogP contribution in [0.25, 0.3) is 0 Å². The van der Waals surface area contributed by atoms with Gasteiger partial charge in [0, 0.05) is 25.2 Å². The molecule has 0 unspecified atom stereocenters. The van der Waals surface area contributed by atoms with Crippen LogP contribution in [0.4, 0.5) is 0 Å². The lowest BCUT2D eigenvalue weighted by atomic mass is 9.99. The summed E-state index contributed by atoms with van der Waals surface area (Å²) in [5.41, 5.74) is 0.955. The highest BCUT2D eigenvalue weighted by atomic mass is 16.4. The van der Waals surface area contributed by atoms with Crippen molar-refractivity contribution in [3.05, 3.63) is 35.9 Å². The molecule has 7 nitrogen and oxygen atoms in total. The normalized spacial score (nSPS) is 13.8. The molecule has 0 saturated carbocycles. The van der Waals surface area contributed by atoms with Crippen LogP contribution in [0.15, 0.2) is 30.3 Å². The molecule has 0 aliphatic rings. The number of nitrogens with one attached hydrogen (secondary N) is 2. The van der Waals surface area contributed by atoms with Gasteiger partial charge in [0.1, 0.15) is 6.04 Å². The zero-order valence-corrected chi connectivity index (χ0v) is 14.4. The first kappa shape index (κ1) is 20.2. The van der Waals surface area contributed by atoms with Gasteiger partial charge in [0.05, 0.1) is 12.1 Å². The minimum Gasteiger partial charge on any atom is -0.480 e. The molecule has 0 aliphatic carbocycles. The minimum atomic E-state index is -1.20. The van der Waals surface area contributed by atoms with Crippen molar-refractivity contribution < 1.29 is 19.5 Å².